The number of nitro groups is 2. The summed E-state index contributed by atoms with van der Waals surface area (Å²) in [5.74, 6) is 1.88. The fourth-order valence-electron chi connectivity index (χ4n) is 1.98. The second-order valence-electron chi connectivity index (χ2n) is 4.78. The van der Waals surface area contributed by atoms with Crippen LogP contribution >= 0.6 is 0 Å². The molecular weight excluding hydrogens is 344 g/mol. The van der Waals surface area contributed by atoms with Gasteiger partial charge in [0.2, 0.25) is 0 Å². The quantitative estimate of drug-likeness (QED) is 0.441. The van der Waals surface area contributed by atoms with Gasteiger partial charge < -0.3 is 4.74 Å². The van der Waals surface area contributed by atoms with Gasteiger partial charge in [0.15, 0.2) is 0 Å². The number of hydrazine groups is 1. The molecule has 0 saturated carbocycles. The zero-order chi connectivity index (χ0) is 19.1. The van der Waals surface area contributed by atoms with Gasteiger partial charge in [-0.25, -0.2) is 0 Å². The SMILES string of the molecule is C#CCOc1ccccc1C(=O)NNc1ccc([N+](=O)[O-])cc1[N+](=O)[O-]. The summed E-state index contributed by atoms with van der Waals surface area (Å²) in [5.41, 5.74) is 3.70. The summed E-state index contributed by atoms with van der Waals surface area (Å²) in [6, 6.07) is 9.26. The second-order valence-corrected chi connectivity index (χ2v) is 4.78. The number of carbonyl (C=O) groups excluding carboxylic acids is 1. The zero-order valence-electron chi connectivity index (χ0n) is 13.2. The van der Waals surface area contributed by atoms with Crippen LogP contribution < -0.4 is 15.6 Å². The van der Waals surface area contributed by atoms with E-state index in [0.29, 0.717) is 0 Å². The highest BCUT2D eigenvalue weighted by atomic mass is 16.6. The minimum Gasteiger partial charge on any atom is -0.480 e. The molecule has 0 aliphatic rings. The van der Waals surface area contributed by atoms with Crippen molar-refractivity contribution in [2.24, 2.45) is 0 Å². The number of rotatable bonds is 7. The van der Waals surface area contributed by atoms with E-state index in [1.807, 2.05) is 0 Å². The van der Waals surface area contributed by atoms with E-state index in [9.17, 15) is 25.0 Å². The minimum atomic E-state index is -0.800. The van der Waals surface area contributed by atoms with Crippen molar-refractivity contribution < 1.29 is 19.4 Å². The lowest BCUT2D eigenvalue weighted by atomic mass is 10.2. The van der Waals surface area contributed by atoms with Crippen molar-refractivity contribution in [1.29, 1.82) is 0 Å². The van der Waals surface area contributed by atoms with Crippen molar-refractivity contribution in [2.75, 3.05) is 12.0 Å². The Balaban J connectivity index is 2.19. The third-order valence-corrected chi connectivity index (χ3v) is 3.14. The van der Waals surface area contributed by atoms with Crippen molar-refractivity contribution in [3.05, 3.63) is 68.3 Å². The number of carbonyl (C=O) groups is 1. The molecule has 132 valence electrons. The molecule has 0 aliphatic carbocycles. The molecule has 2 aromatic rings. The lowest BCUT2D eigenvalue weighted by Gasteiger charge is -2.11. The number of para-hydroxylation sites is 1. The highest BCUT2D eigenvalue weighted by Gasteiger charge is 2.20. The summed E-state index contributed by atoms with van der Waals surface area (Å²) in [7, 11) is 0. The van der Waals surface area contributed by atoms with Crippen LogP contribution in [0.2, 0.25) is 0 Å². The van der Waals surface area contributed by atoms with Crippen LogP contribution in [0.3, 0.4) is 0 Å². The van der Waals surface area contributed by atoms with Crippen LogP contribution in [0.25, 0.3) is 0 Å². The summed E-state index contributed by atoms with van der Waals surface area (Å²) in [4.78, 5) is 32.5. The molecule has 0 aromatic heterocycles. The largest absolute Gasteiger partial charge is 0.480 e. The third kappa shape index (κ3) is 4.24. The first-order valence-corrected chi connectivity index (χ1v) is 7.08. The van der Waals surface area contributed by atoms with E-state index in [4.69, 9.17) is 11.2 Å². The average molecular weight is 356 g/mol. The summed E-state index contributed by atoms with van der Waals surface area (Å²) in [5, 5.41) is 21.8. The zero-order valence-corrected chi connectivity index (χ0v) is 13.2. The van der Waals surface area contributed by atoms with Crippen molar-refractivity contribution in [2.45, 2.75) is 0 Å². The van der Waals surface area contributed by atoms with Crippen LogP contribution in [-0.4, -0.2) is 22.4 Å². The Morgan fingerprint density at radius 3 is 2.54 bits per heavy atom. The van der Waals surface area contributed by atoms with Gasteiger partial charge in [0.05, 0.1) is 21.5 Å². The van der Waals surface area contributed by atoms with Gasteiger partial charge in [-0.2, -0.15) is 0 Å². The smallest absolute Gasteiger partial charge is 0.300 e. The predicted molar refractivity (Wildman–Crippen MR) is 91.6 cm³/mol. The Hall–Kier alpha value is -4.13. The first kappa shape index (κ1) is 18.2. The van der Waals surface area contributed by atoms with Crippen molar-refractivity contribution in [1.82, 2.24) is 5.43 Å². The summed E-state index contributed by atoms with van der Waals surface area (Å²) in [6.45, 7) is -0.0362. The normalized spacial score (nSPS) is 9.65. The topological polar surface area (TPSA) is 137 Å². The predicted octanol–water partition coefficient (Wildman–Crippen LogP) is 2.27. The Morgan fingerprint density at radius 2 is 1.88 bits per heavy atom. The minimum absolute atomic E-state index is 0.0362. The average Bonchev–Trinajstić information content (AvgIpc) is 2.64. The molecule has 0 heterocycles. The van der Waals surface area contributed by atoms with Crippen LogP contribution in [0.5, 0.6) is 5.75 Å². The fraction of sp³-hybridized carbons (Fsp3) is 0.0625. The van der Waals surface area contributed by atoms with Crippen LogP contribution in [0.15, 0.2) is 42.5 Å². The van der Waals surface area contributed by atoms with E-state index in [-0.39, 0.29) is 23.6 Å². The van der Waals surface area contributed by atoms with Crippen LogP contribution in [0.1, 0.15) is 10.4 Å². The number of nitrogens with one attached hydrogen (secondary N) is 2. The van der Waals surface area contributed by atoms with Gasteiger partial charge in [-0.1, -0.05) is 18.1 Å². The Labute approximate surface area is 147 Å². The van der Waals surface area contributed by atoms with Gasteiger partial charge in [-0.05, 0) is 18.2 Å². The summed E-state index contributed by atoms with van der Waals surface area (Å²) in [6.07, 6.45) is 5.12. The number of benzene rings is 2. The maximum atomic E-state index is 12.3. The van der Waals surface area contributed by atoms with Gasteiger partial charge in [-0.15, -0.1) is 6.42 Å². The van der Waals surface area contributed by atoms with Crippen LogP contribution in [0.4, 0.5) is 17.1 Å². The summed E-state index contributed by atoms with van der Waals surface area (Å²) >= 11 is 0. The molecule has 0 bridgehead atoms. The van der Waals surface area contributed by atoms with Gasteiger partial charge >= 0.3 is 5.69 Å². The lowest BCUT2D eigenvalue weighted by molar-refractivity contribution is -0.393. The molecule has 1 amide bonds. The van der Waals surface area contributed by atoms with E-state index in [0.717, 1.165) is 18.2 Å². The summed E-state index contributed by atoms with van der Waals surface area (Å²) < 4.78 is 5.26. The van der Waals surface area contributed by atoms with E-state index >= 15 is 0 Å². The molecule has 10 nitrogen and oxygen atoms in total. The molecule has 0 unspecified atom stereocenters. The van der Waals surface area contributed by atoms with Crippen molar-refractivity contribution in [3.63, 3.8) is 0 Å². The first-order valence-electron chi connectivity index (χ1n) is 7.08. The number of hydrogen-bond acceptors (Lipinski definition) is 7. The monoisotopic (exact) mass is 356 g/mol. The number of amides is 1. The van der Waals surface area contributed by atoms with Gasteiger partial charge in [0.25, 0.3) is 11.6 Å². The molecule has 10 heteroatoms. The molecule has 2 N–H and O–H groups in total. The number of nitrogens with zero attached hydrogens (tertiary/aromatic N) is 2. The molecule has 0 aliphatic heterocycles. The highest BCUT2D eigenvalue weighted by molar-refractivity contribution is 5.97. The number of non-ortho nitro benzene ring substituents is 1. The molecule has 0 fully saturated rings. The first-order chi connectivity index (χ1) is 12.4. The standard InChI is InChI=1S/C16H12N4O6/c1-2-9-26-15-6-4-3-5-12(15)16(21)18-17-13-8-7-11(19(22)23)10-14(13)20(24)25/h1,3-8,10,17H,9H2,(H,18,21). The van der Waals surface area contributed by atoms with Crippen molar-refractivity contribution >= 4 is 23.0 Å². The van der Waals surface area contributed by atoms with Crippen LogP contribution in [0, 0.1) is 32.6 Å². The maximum absolute atomic E-state index is 12.3. The highest BCUT2D eigenvalue weighted by Crippen LogP contribution is 2.28. The number of ether oxygens (including phenoxy) is 1. The molecule has 2 rings (SSSR count). The van der Waals surface area contributed by atoms with E-state index in [1.54, 1.807) is 18.2 Å². The molecule has 26 heavy (non-hydrogen) atoms. The molecule has 0 radical (unpaired) electrons. The lowest BCUT2D eigenvalue weighted by Crippen LogP contribution is -2.30. The molecule has 0 spiro atoms. The van der Waals surface area contributed by atoms with Gasteiger partial charge in [0.1, 0.15) is 18.0 Å². The second kappa shape index (κ2) is 8.11. The van der Waals surface area contributed by atoms with E-state index < -0.39 is 27.1 Å². The Kier molecular flexibility index (Phi) is 5.68. The van der Waals surface area contributed by atoms with Gasteiger partial charge in [-0.3, -0.25) is 35.9 Å². The molecule has 0 atom stereocenters. The van der Waals surface area contributed by atoms with Crippen LogP contribution in [-0.2, 0) is 0 Å². The third-order valence-electron chi connectivity index (χ3n) is 3.14. The maximum Gasteiger partial charge on any atom is 0.300 e. The number of anilines is 1. The van der Waals surface area contributed by atoms with Gasteiger partial charge in [0, 0.05) is 6.07 Å². The van der Waals surface area contributed by atoms with E-state index in [1.165, 1.54) is 6.07 Å². The Morgan fingerprint density at radius 1 is 1.15 bits per heavy atom. The molecule has 0 saturated heterocycles. The number of hydrogen-bond donors (Lipinski definition) is 2. The Bertz CT molecular complexity index is 906. The molecular formula is C16H12N4O6. The fourth-order valence-corrected chi connectivity index (χ4v) is 1.98. The molecule has 2 aromatic carbocycles. The number of nitro benzene ring substituents is 2. The van der Waals surface area contributed by atoms with E-state index in [2.05, 4.69) is 16.8 Å². The van der Waals surface area contributed by atoms with Crippen molar-refractivity contribution in [3.8, 4) is 18.1 Å². The number of terminal acetylenes is 1.